The molecule has 0 bridgehead atoms. The van der Waals surface area contributed by atoms with Crippen molar-refractivity contribution in [2.45, 2.75) is 46.0 Å². The van der Waals surface area contributed by atoms with Crippen molar-refractivity contribution in [3.63, 3.8) is 0 Å². The van der Waals surface area contributed by atoms with Crippen LogP contribution in [0.1, 0.15) is 46.0 Å². The van der Waals surface area contributed by atoms with E-state index >= 15 is 0 Å². The molecule has 0 aromatic heterocycles. The number of hydrogen-bond acceptors (Lipinski definition) is 3. The molecule has 120 valence electrons. The summed E-state index contributed by atoms with van der Waals surface area (Å²) in [6, 6.07) is 0. The number of halogens is 1. The first kappa shape index (κ1) is 19.7. The van der Waals surface area contributed by atoms with Crippen molar-refractivity contribution >= 4 is 18.3 Å². The van der Waals surface area contributed by atoms with E-state index in [-0.39, 0.29) is 12.4 Å². The van der Waals surface area contributed by atoms with Crippen LogP contribution in [0.4, 0.5) is 0 Å². The van der Waals surface area contributed by atoms with Crippen LogP contribution in [0.15, 0.2) is 0 Å². The Kier molecular flexibility index (Phi) is 11.2. The average molecular weight is 306 g/mol. The summed E-state index contributed by atoms with van der Waals surface area (Å²) in [5.41, 5.74) is 5.64. The summed E-state index contributed by atoms with van der Waals surface area (Å²) in [4.78, 5) is 16.7. The Bertz CT molecular complexity index is 256. The molecule has 1 atom stereocenters. The number of piperidine rings is 1. The van der Waals surface area contributed by atoms with Gasteiger partial charge in [0, 0.05) is 19.6 Å². The van der Waals surface area contributed by atoms with Gasteiger partial charge in [0.2, 0.25) is 5.91 Å². The molecule has 0 aromatic rings. The maximum absolute atomic E-state index is 12.3. The lowest BCUT2D eigenvalue weighted by Crippen LogP contribution is -2.45. The summed E-state index contributed by atoms with van der Waals surface area (Å²) < 4.78 is 0. The molecule has 1 aliphatic rings. The summed E-state index contributed by atoms with van der Waals surface area (Å²) in [5, 5.41) is 0. The largest absolute Gasteiger partial charge is 0.342 e. The predicted molar refractivity (Wildman–Crippen MR) is 87.2 cm³/mol. The molecule has 0 radical (unpaired) electrons. The van der Waals surface area contributed by atoms with Crippen LogP contribution in [0.25, 0.3) is 0 Å². The Morgan fingerprint density at radius 1 is 1.30 bits per heavy atom. The Balaban J connectivity index is 0.00000361. The normalized spacial score (nSPS) is 19.4. The molecule has 0 spiro atoms. The van der Waals surface area contributed by atoms with Crippen molar-refractivity contribution in [3.05, 3.63) is 0 Å². The minimum atomic E-state index is 0. The van der Waals surface area contributed by atoms with Crippen LogP contribution < -0.4 is 5.73 Å². The van der Waals surface area contributed by atoms with E-state index in [4.69, 9.17) is 5.73 Å². The molecule has 0 aliphatic carbocycles. The first-order chi connectivity index (χ1) is 9.21. The Morgan fingerprint density at radius 3 is 2.50 bits per heavy atom. The van der Waals surface area contributed by atoms with Gasteiger partial charge in [0.25, 0.3) is 0 Å². The van der Waals surface area contributed by atoms with Crippen LogP contribution in [-0.4, -0.2) is 55.0 Å². The molecule has 0 saturated carbocycles. The van der Waals surface area contributed by atoms with E-state index in [1.807, 2.05) is 4.90 Å². The van der Waals surface area contributed by atoms with Gasteiger partial charge in [-0.2, -0.15) is 0 Å². The molecule has 1 unspecified atom stereocenters. The number of nitrogens with zero attached hydrogens (tertiary/aromatic N) is 2. The molecule has 5 heteroatoms. The molecule has 1 heterocycles. The second-order valence-electron chi connectivity index (χ2n) is 5.70. The van der Waals surface area contributed by atoms with E-state index in [1.165, 1.54) is 12.8 Å². The maximum Gasteiger partial charge on any atom is 0.236 e. The second kappa shape index (κ2) is 11.4. The number of carbonyl (C=O) groups excluding carboxylic acids is 1. The zero-order chi connectivity index (χ0) is 14.1. The lowest BCUT2D eigenvalue weighted by molar-refractivity contribution is -0.133. The average Bonchev–Trinajstić information content (AvgIpc) is 2.39. The predicted octanol–water partition coefficient (Wildman–Crippen LogP) is 2.12. The topological polar surface area (TPSA) is 49.6 Å². The summed E-state index contributed by atoms with van der Waals surface area (Å²) in [7, 11) is 0. The highest BCUT2D eigenvalue weighted by Crippen LogP contribution is 2.18. The fourth-order valence-electron chi connectivity index (χ4n) is 2.96. The molecule has 20 heavy (non-hydrogen) atoms. The highest BCUT2D eigenvalue weighted by atomic mass is 35.5. The molecule has 0 aromatic carbocycles. The van der Waals surface area contributed by atoms with Gasteiger partial charge in [0.1, 0.15) is 0 Å². The van der Waals surface area contributed by atoms with Crippen LogP contribution in [0.5, 0.6) is 0 Å². The van der Waals surface area contributed by atoms with E-state index < -0.39 is 0 Å². The minimum absolute atomic E-state index is 0. The van der Waals surface area contributed by atoms with Crippen LogP contribution in [0.3, 0.4) is 0 Å². The molecule has 1 rings (SSSR count). The van der Waals surface area contributed by atoms with Gasteiger partial charge < -0.3 is 10.6 Å². The molecule has 1 saturated heterocycles. The molecular weight excluding hydrogens is 274 g/mol. The van der Waals surface area contributed by atoms with Crippen molar-refractivity contribution in [3.8, 4) is 0 Å². The van der Waals surface area contributed by atoms with E-state index in [0.717, 1.165) is 52.0 Å². The summed E-state index contributed by atoms with van der Waals surface area (Å²) in [5.74, 6) is 0.995. The first-order valence-electron chi connectivity index (χ1n) is 7.91. The molecular formula is C15H32ClN3O. The van der Waals surface area contributed by atoms with Gasteiger partial charge in [-0.1, -0.05) is 13.8 Å². The van der Waals surface area contributed by atoms with E-state index in [1.54, 1.807) is 0 Å². The summed E-state index contributed by atoms with van der Waals surface area (Å²) in [6.45, 7) is 9.54. The van der Waals surface area contributed by atoms with Crippen LogP contribution in [0.2, 0.25) is 0 Å². The van der Waals surface area contributed by atoms with Crippen molar-refractivity contribution in [1.29, 1.82) is 0 Å². The van der Waals surface area contributed by atoms with Gasteiger partial charge in [-0.15, -0.1) is 12.4 Å². The van der Waals surface area contributed by atoms with Crippen LogP contribution >= 0.6 is 12.4 Å². The van der Waals surface area contributed by atoms with Gasteiger partial charge in [0.15, 0.2) is 0 Å². The second-order valence-corrected chi connectivity index (χ2v) is 5.70. The van der Waals surface area contributed by atoms with Crippen LogP contribution in [-0.2, 0) is 4.79 Å². The Hall–Kier alpha value is -0.320. The van der Waals surface area contributed by atoms with Gasteiger partial charge in [0.05, 0.1) is 6.54 Å². The third kappa shape index (κ3) is 6.91. The van der Waals surface area contributed by atoms with Gasteiger partial charge in [-0.25, -0.2) is 0 Å². The molecule has 4 nitrogen and oxygen atoms in total. The lowest BCUT2D eigenvalue weighted by Gasteiger charge is -2.33. The minimum Gasteiger partial charge on any atom is -0.342 e. The monoisotopic (exact) mass is 305 g/mol. The molecule has 1 aliphatic heterocycles. The summed E-state index contributed by atoms with van der Waals surface area (Å²) in [6.07, 6.45) is 5.66. The highest BCUT2D eigenvalue weighted by molar-refractivity contribution is 5.85. The third-order valence-corrected chi connectivity index (χ3v) is 3.88. The lowest BCUT2D eigenvalue weighted by atomic mass is 9.95. The van der Waals surface area contributed by atoms with E-state index in [9.17, 15) is 4.79 Å². The van der Waals surface area contributed by atoms with Crippen molar-refractivity contribution in [2.75, 3.05) is 39.3 Å². The molecule has 1 amide bonds. The van der Waals surface area contributed by atoms with Gasteiger partial charge in [-0.05, 0) is 51.1 Å². The summed E-state index contributed by atoms with van der Waals surface area (Å²) >= 11 is 0. The third-order valence-electron chi connectivity index (χ3n) is 3.88. The smallest absolute Gasteiger partial charge is 0.236 e. The molecule has 1 fully saturated rings. The number of amides is 1. The zero-order valence-corrected chi connectivity index (χ0v) is 14.0. The quantitative estimate of drug-likeness (QED) is 0.747. The number of nitrogens with two attached hydrogens (primary N) is 1. The zero-order valence-electron chi connectivity index (χ0n) is 13.1. The first-order valence-corrected chi connectivity index (χ1v) is 7.91. The molecule has 2 N–H and O–H groups in total. The van der Waals surface area contributed by atoms with E-state index in [2.05, 4.69) is 18.7 Å². The number of carbonyl (C=O) groups is 1. The number of hydrogen-bond donors (Lipinski definition) is 1. The van der Waals surface area contributed by atoms with Crippen molar-refractivity contribution in [1.82, 2.24) is 9.80 Å². The highest BCUT2D eigenvalue weighted by Gasteiger charge is 2.22. The SMILES string of the molecule is CCCN(CCC)C(=O)CN1CCCC(CCN)C1.Cl. The van der Waals surface area contributed by atoms with E-state index in [0.29, 0.717) is 18.4 Å². The maximum atomic E-state index is 12.3. The van der Waals surface area contributed by atoms with Crippen molar-refractivity contribution in [2.24, 2.45) is 11.7 Å². The standard InChI is InChI=1S/C15H31N3O.ClH/c1-3-9-18(10-4-2)15(19)13-17-11-5-6-14(12-17)7-8-16;/h14H,3-13,16H2,1-2H3;1H. The van der Waals surface area contributed by atoms with Crippen molar-refractivity contribution < 1.29 is 4.79 Å². The fraction of sp³-hybridized carbons (Fsp3) is 0.933. The van der Waals surface area contributed by atoms with Gasteiger partial charge in [-0.3, -0.25) is 9.69 Å². The fourth-order valence-corrected chi connectivity index (χ4v) is 2.96. The van der Waals surface area contributed by atoms with Crippen LogP contribution in [0, 0.1) is 5.92 Å². The van der Waals surface area contributed by atoms with Gasteiger partial charge >= 0.3 is 0 Å². The number of likely N-dealkylation sites (tertiary alicyclic amines) is 1. The Morgan fingerprint density at radius 2 is 1.95 bits per heavy atom. The number of rotatable bonds is 8. The Labute approximate surface area is 130 Å².